The Morgan fingerprint density at radius 2 is 1.83 bits per heavy atom. The summed E-state index contributed by atoms with van der Waals surface area (Å²) in [4.78, 5) is 42.7. The number of fused-ring (bicyclic) bond motifs is 1. The summed E-state index contributed by atoms with van der Waals surface area (Å²) in [6.07, 6.45) is 2.82. The molecule has 36 heavy (non-hydrogen) atoms. The molecule has 0 radical (unpaired) electrons. The van der Waals surface area contributed by atoms with Crippen molar-refractivity contribution in [2.75, 3.05) is 33.4 Å². The van der Waals surface area contributed by atoms with E-state index in [0.717, 1.165) is 29.7 Å². The van der Waals surface area contributed by atoms with E-state index >= 15 is 0 Å². The summed E-state index contributed by atoms with van der Waals surface area (Å²) >= 11 is 0. The minimum atomic E-state index is -1.21. The normalized spacial score (nSPS) is 23.4. The Morgan fingerprint density at radius 1 is 1.08 bits per heavy atom. The van der Waals surface area contributed by atoms with Crippen LogP contribution in [0, 0.1) is 0 Å². The molecule has 3 heterocycles. The molecule has 0 aromatic heterocycles. The first-order valence-corrected chi connectivity index (χ1v) is 12.4. The lowest BCUT2D eigenvalue weighted by molar-refractivity contribution is -0.139. The number of nitrogens with zero attached hydrogens (tertiary/aromatic N) is 2. The zero-order chi connectivity index (χ0) is 25.3. The van der Waals surface area contributed by atoms with Gasteiger partial charge in [-0.1, -0.05) is 25.1 Å². The van der Waals surface area contributed by atoms with Gasteiger partial charge in [0.1, 0.15) is 17.8 Å². The van der Waals surface area contributed by atoms with Crippen molar-refractivity contribution < 1.29 is 28.6 Å². The highest BCUT2D eigenvalue weighted by Crippen LogP contribution is 2.39. The molecule has 2 saturated heterocycles. The number of likely N-dealkylation sites (tertiary alicyclic amines) is 1. The molecule has 3 aliphatic heterocycles. The molecule has 2 atom stereocenters. The maximum Gasteiger partial charge on any atom is 0.325 e. The summed E-state index contributed by atoms with van der Waals surface area (Å²) in [5.41, 5.74) is 0.413. The first-order valence-electron chi connectivity index (χ1n) is 12.4. The molecule has 9 nitrogen and oxygen atoms in total. The molecule has 2 aromatic rings. The van der Waals surface area contributed by atoms with Gasteiger partial charge in [-0.3, -0.25) is 14.5 Å². The average Bonchev–Trinajstić information content (AvgIpc) is 3.39. The van der Waals surface area contributed by atoms with Crippen molar-refractivity contribution in [2.24, 2.45) is 0 Å². The Morgan fingerprint density at radius 3 is 2.56 bits per heavy atom. The van der Waals surface area contributed by atoms with E-state index in [9.17, 15) is 14.4 Å². The van der Waals surface area contributed by atoms with E-state index in [4.69, 9.17) is 14.2 Å². The number of nitrogens with one attached hydrogen (secondary N) is 1. The largest absolute Gasteiger partial charge is 0.497 e. The summed E-state index contributed by atoms with van der Waals surface area (Å²) < 4.78 is 16.8. The van der Waals surface area contributed by atoms with Crippen molar-refractivity contribution in [1.29, 1.82) is 0 Å². The third-order valence-corrected chi connectivity index (χ3v) is 7.31. The summed E-state index contributed by atoms with van der Waals surface area (Å²) in [7, 11) is 1.57. The van der Waals surface area contributed by atoms with Gasteiger partial charge in [0.05, 0.1) is 26.4 Å². The minimum absolute atomic E-state index is 0.145. The van der Waals surface area contributed by atoms with Crippen molar-refractivity contribution in [1.82, 2.24) is 15.1 Å². The first-order chi connectivity index (χ1) is 17.5. The molecule has 0 saturated carbocycles. The van der Waals surface area contributed by atoms with E-state index in [1.807, 2.05) is 25.1 Å². The Labute approximate surface area is 210 Å². The SMILES string of the molecule is CCC1(c2ccc(OC)cc2)NC(=O)N(CC(=O)N2CCCC2c2ccc3c(c2)OCCCO3)C1=O. The fourth-order valence-electron chi connectivity index (χ4n) is 5.31. The fourth-order valence-corrected chi connectivity index (χ4v) is 5.31. The van der Waals surface area contributed by atoms with Crippen molar-refractivity contribution in [3.63, 3.8) is 0 Å². The van der Waals surface area contributed by atoms with Crippen LogP contribution in [-0.2, 0) is 15.1 Å². The molecule has 5 rings (SSSR count). The van der Waals surface area contributed by atoms with E-state index in [0.29, 0.717) is 49.0 Å². The highest BCUT2D eigenvalue weighted by Gasteiger charge is 2.52. The van der Waals surface area contributed by atoms with Gasteiger partial charge in [0, 0.05) is 13.0 Å². The summed E-state index contributed by atoms with van der Waals surface area (Å²) in [5, 5.41) is 2.85. The third-order valence-electron chi connectivity index (χ3n) is 7.31. The van der Waals surface area contributed by atoms with Crippen molar-refractivity contribution in [3.8, 4) is 17.2 Å². The number of hydrogen-bond donors (Lipinski definition) is 1. The predicted molar refractivity (Wildman–Crippen MR) is 131 cm³/mol. The van der Waals surface area contributed by atoms with Crippen LogP contribution in [0.15, 0.2) is 42.5 Å². The van der Waals surface area contributed by atoms with Crippen molar-refractivity contribution >= 4 is 17.8 Å². The monoisotopic (exact) mass is 493 g/mol. The average molecular weight is 494 g/mol. The van der Waals surface area contributed by atoms with Crippen LogP contribution in [-0.4, -0.2) is 61.1 Å². The molecule has 1 N–H and O–H groups in total. The van der Waals surface area contributed by atoms with E-state index < -0.39 is 17.5 Å². The predicted octanol–water partition coefficient (Wildman–Crippen LogP) is 3.38. The van der Waals surface area contributed by atoms with Gasteiger partial charge in [-0.05, 0) is 54.7 Å². The summed E-state index contributed by atoms with van der Waals surface area (Å²) in [5.74, 6) is 1.38. The second-order valence-corrected chi connectivity index (χ2v) is 9.31. The summed E-state index contributed by atoms with van der Waals surface area (Å²) in [6, 6.07) is 12.1. The van der Waals surface area contributed by atoms with Crippen LogP contribution in [0.25, 0.3) is 0 Å². The zero-order valence-electron chi connectivity index (χ0n) is 20.6. The highest BCUT2D eigenvalue weighted by molar-refractivity contribution is 6.09. The molecule has 4 amide bonds. The Kier molecular flexibility index (Phi) is 6.47. The van der Waals surface area contributed by atoms with Crippen LogP contribution >= 0.6 is 0 Å². The topological polar surface area (TPSA) is 97.4 Å². The van der Waals surface area contributed by atoms with Crippen LogP contribution in [0.3, 0.4) is 0 Å². The van der Waals surface area contributed by atoms with Crippen LogP contribution < -0.4 is 19.5 Å². The second kappa shape index (κ2) is 9.72. The lowest BCUT2D eigenvalue weighted by atomic mass is 9.87. The van der Waals surface area contributed by atoms with Crippen molar-refractivity contribution in [3.05, 3.63) is 53.6 Å². The van der Waals surface area contributed by atoms with Gasteiger partial charge in [-0.25, -0.2) is 4.79 Å². The lowest BCUT2D eigenvalue weighted by Gasteiger charge is -2.28. The number of amides is 4. The Hall–Kier alpha value is -3.75. The molecule has 0 bridgehead atoms. The highest BCUT2D eigenvalue weighted by atomic mass is 16.5. The van der Waals surface area contributed by atoms with E-state index in [1.165, 1.54) is 0 Å². The number of ether oxygens (including phenoxy) is 3. The van der Waals surface area contributed by atoms with Crippen molar-refractivity contribution in [2.45, 2.75) is 44.2 Å². The van der Waals surface area contributed by atoms with Crippen LogP contribution in [0.4, 0.5) is 4.79 Å². The standard InChI is InChI=1S/C27H31N3O6/c1-3-27(19-8-10-20(34-2)11-9-19)25(32)30(26(33)28-27)17-24(31)29-13-4-6-21(29)18-7-12-22-23(16-18)36-15-5-14-35-22/h7-12,16,21H,3-6,13-15,17H2,1-2H3,(H,28,33). The number of hydrogen-bond acceptors (Lipinski definition) is 6. The van der Waals surface area contributed by atoms with Crippen LogP contribution in [0.2, 0.25) is 0 Å². The van der Waals surface area contributed by atoms with Crippen LogP contribution in [0.1, 0.15) is 49.8 Å². The third kappa shape index (κ3) is 4.12. The quantitative estimate of drug-likeness (QED) is 0.620. The number of benzene rings is 2. The molecule has 190 valence electrons. The zero-order valence-corrected chi connectivity index (χ0v) is 20.6. The maximum atomic E-state index is 13.5. The van der Waals surface area contributed by atoms with Gasteiger partial charge in [-0.2, -0.15) is 0 Å². The van der Waals surface area contributed by atoms with E-state index in [-0.39, 0.29) is 18.5 Å². The van der Waals surface area contributed by atoms with Gasteiger partial charge in [-0.15, -0.1) is 0 Å². The van der Waals surface area contributed by atoms with Gasteiger partial charge >= 0.3 is 6.03 Å². The first kappa shape index (κ1) is 24.0. The van der Waals surface area contributed by atoms with E-state index in [2.05, 4.69) is 5.32 Å². The molecular formula is C27H31N3O6. The minimum Gasteiger partial charge on any atom is -0.497 e. The molecule has 2 fully saturated rings. The molecule has 0 spiro atoms. The summed E-state index contributed by atoms with van der Waals surface area (Å²) in [6.45, 7) is 3.31. The number of methoxy groups -OCH3 is 1. The number of rotatable bonds is 6. The van der Waals surface area contributed by atoms with Gasteiger partial charge in [0.2, 0.25) is 5.91 Å². The number of carbonyl (C=O) groups is 3. The van der Waals surface area contributed by atoms with Gasteiger partial charge in [0.25, 0.3) is 5.91 Å². The smallest absolute Gasteiger partial charge is 0.325 e. The number of carbonyl (C=O) groups excluding carboxylic acids is 3. The molecular weight excluding hydrogens is 462 g/mol. The van der Waals surface area contributed by atoms with Gasteiger partial charge in [0.15, 0.2) is 11.5 Å². The number of urea groups is 1. The van der Waals surface area contributed by atoms with E-state index in [1.54, 1.807) is 36.3 Å². The fraction of sp³-hybridized carbons (Fsp3) is 0.444. The molecule has 9 heteroatoms. The number of imide groups is 1. The second-order valence-electron chi connectivity index (χ2n) is 9.31. The lowest BCUT2D eigenvalue weighted by Crippen LogP contribution is -2.45. The Bertz CT molecular complexity index is 1170. The molecule has 0 aliphatic carbocycles. The maximum absolute atomic E-state index is 13.5. The molecule has 2 aromatic carbocycles. The Balaban J connectivity index is 1.34. The van der Waals surface area contributed by atoms with Crippen LogP contribution in [0.5, 0.6) is 17.2 Å². The molecule has 3 aliphatic rings. The molecule has 2 unspecified atom stereocenters. The van der Waals surface area contributed by atoms with Gasteiger partial charge < -0.3 is 24.4 Å².